The topological polar surface area (TPSA) is 43.8 Å². The number of hydrogen-bond acceptors (Lipinski definition) is 3. The molecule has 24 heavy (non-hydrogen) atoms. The van der Waals surface area contributed by atoms with Crippen LogP contribution in [0.5, 0.6) is 0 Å². The molecule has 136 valence electrons. The Hall–Kier alpha value is -1.05. The Bertz CT molecular complexity index is 530. The summed E-state index contributed by atoms with van der Waals surface area (Å²) in [6.07, 6.45) is 2.58. The van der Waals surface area contributed by atoms with Gasteiger partial charge in [-0.25, -0.2) is 4.98 Å². The fourth-order valence-corrected chi connectivity index (χ4v) is 3.20. The summed E-state index contributed by atoms with van der Waals surface area (Å²) >= 11 is 0. The van der Waals surface area contributed by atoms with Crippen molar-refractivity contribution >= 4 is 35.8 Å². The molecular weight excluding hydrogens is 413 g/mol. The Morgan fingerprint density at radius 1 is 1.42 bits per heavy atom. The minimum absolute atomic E-state index is 0. The predicted octanol–water partition coefficient (Wildman–Crippen LogP) is 3.21. The van der Waals surface area contributed by atoms with Crippen molar-refractivity contribution in [3.05, 3.63) is 23.9 Å². The maximum atomic E-state index is 4.65. The van der Waals surface area contributed by atoms with Crippen molar-refractivity contribution in [3.8, 4) is 0 Å². The lowest BCUT2D eigenvalue weighted by Crippen LogP contribution is -2.39. The first kappa shape index (κ1) is 21.0. The van der Waals surface area contributed by atoms with E-state index in [0.29, 0.717) is 6.54 Å². The molecule has 1 N–H and O–H groups in total. The van der Waals surface area contributed by atoms with Gasteiger partial charge in [-0.15, -0.1) is 24.0 Å². The lowest BCUT2D eigenvalue weighted by atomic mass is 9.97. The maximum Gasteiger partial charge on any atom is 0.193 e. The zero-order valence-corrected chi connectivity index (χ0v) is 17.9. The number of rotatable bonds is 5. The Morgan fingerprint density at radius 3 is 2.79 bits per heavy atom. The Labute approximate surface area is 163 Å². The van der Waals surface area contributed by atoms with Crippen LogP contribution in [0.25, 0.3) is 0 Å². The number of aromatic nitrogens is 1. The van der Waals surface area contributed by atoms with Crippen molar-refractivity contribution in [1.29, 1.82) is 0 Å². The van der Waals surface area contributed by atoms with Gasteiger partial charge >= 0.3 is 0 Å². The molecule has 0 spiro atoms. The van der Waals surface area contributed by atoms with Crippen LogP contribution in [0, 0.1) is 11.8 Å². The third-order valence-corrected chi connectivity index (χ3v) is 4.28. The third kappa shape index (κ3) is 6.11. The van der Waals surface area contributed by atoms with Crippen LogP contribution in [0.4, 0.5) is 5.82 Å². The highest BCUT2D eigenvalue weighted by Gasteiger charge is 2.25. The molecule has 5 nitrogen and oxygen atoms in total. The summed E-state index contributed by atoms with van der Waals surface area (Å²) in [6, 6.07) is 6.13. The number of halogens is 1. The second-order valence-electron chi connectivity index (χ2n) is 7.01. The van der Waals surface area contributed by atoms with Gasteiger partial charge in [0.1, 0.15) is 5.82 Å². The minimum atomic E-state index is 0. The highest BCUT2D eigenvalue weighted by Crippen LogP contribution is 2.23. The van der Waals surface area contributed by atoms with E-state index in [-0.39, 0.29) is 24.0 Å². The molecule has 1 atom stereocenters. The number of guanidine groups is 1. The van der Waals surface area contributed by atoms with E-state index in [1.807, 2.05) is 32.1 Å². The van der Waals surface area contributed by atoms with Crippen molar-refractivity contribution in [2.24, 2.45) is 16.8 Å². The van der Waals surface area contributed by atoms with Gasteiger partial charge in [-0.3, -0.25) is 4.99 Å². The molecule has 1 aromatic heterocycles. The molecule has 0 bridgehead atoms. The summed E-state index contributed by atoms with van der Waals surface area (Å²) in [5.74, 6) is 3.54. The largest absolute Gasteiger partial charge is 0.363 e. The van der Waals surface area contributed by atoms with Gasteiger partial charge < -0.3 is 15.1 Å². The smallest absolute Gasteiger partial charge is 0.193 e. The number of nitrogens with zero attached hydrogens (tertiary/aromatic N) is 4. The van der Waals surface area contributed by atoms with Crippen molar-refractivity contribution < 1.29 is 0 Å². The van der Waals surface area contributed by atoms with Gasteiger partial charge in [-0.05, 0) is 36.8 Å². The SMILES string of the molecule is CN=C(NCc1cccc(N(C)C)n1)N1CCC(CC(C)C)C1.I. The number of nitrogens with one attached hydrogen (secondary N) is 1. The first-order valence-electron chi connectivity index (χ1n) is 8.58. The van der Waals surface area contributed by atoms with Crippen LogP contribution in [0.2, 0.25) is 0 Å². The number of aliphatic imine (C=N–C) groups is 1. The van der Waals surface area contributed by atoms with E-state index in [4.69, 9.17) is 0 Å². The van der Waals surface area contributed by atoms with Gasteiger partial charge in [0, 0.05) is 34.2 Å². The molecular formula is C18H32IN5. The van der Waals surface area contributed by atoms with Gasteiger partial charge in [0.05, 0.1) is 12.2 Å². The summed E-state index contributed by atoms with van der Waals surface area (Å²) in [5.41, 5.74) is 1.04. The van der Waals surface area contributed by atoms with E-state index in [1.165, 1.54) is 12.8 Å². The zero-order chi connectivity index (χ0) is 16.8. The zero-order valence-electron chi connectivity index (χ0n) is 15.6. The van der Waals surface area contributed by atoms with Crippen molar-refractivity contribution in [3.63, 3.8) is 0 Å². The van der Waals surface area contributed by atoms with E-state index in [1.54, 1.807) is 0 Å². The molecule has 2 heterocycles. The molecule has 1 fully saturated rings. The van der Waals surface area contributed by atoms with Crippen LogP contribution in [-0.4, -0.2) is 50.1 Å². The molecule has 2 rings (SSSR count). The fraction of sp³-hybridized carbons (Fsp3) is 0.667. The van der Waals surface area contributed by atoms with Gasteiger partial charge in [0.25, 0.3) is 0 Å². The molecule has 0 aliphatic carbocycles. The van der Waals surface area contributed by atoms with E-state index < -0.39 is 0 Å². The van der Waals surface area contributed by atoms with E-state index >= 15 is 0 Å². The molecule has 6 heteroatoms. The van der Waals surface area contributed by atoms with Crippen LogP contribution >= 0.6 is 24.0 Å². The van der Waals surface area contributed by atoms with Crippen LogP contribution in [-0.2, 0) is 6.54 Å². The molecule has 0 aromatic carbocycles. The minimum Gasteiger partial charge on any atom is -0.363 e. The quantitative estimate of drug-likeness (QED) is 0.430. The normalized spacial score (nSPS) is 17.8. The molecule has 1 aliphatic rings. The average Bonchev–Trinajstić information content (AvgIpc) is 2.95. The number of likely N-dealkylation sites (tertiary alicyclic amines) is 1. The Kier molecular flexibility index (Phi) is 8.80. The monoisotopic (exact) mass is 445 g/mol. The average molecular weight is 445 g/mol. The van der Waals surface area contributed by atoms with Gasteiger partial charge in [-0.1, -0.05) is 19.9 Å². The molecule has 1 aliphatic heterocycles. The second kappa shape index (κ2) is 10.1. The first-order valence-corrected chi connectivity index (χ1v) is 8.58. The Balaban J connectivity index is 0.00000288. The summed E-state index contributed by atoms with van der Waals surface area (Å²) in [6.45, 7) is 7.53. The van der Waals surface area contributed by atoms with E-state index in [0.717, 1.165) is 42.4 Å². The van der Waals surface area contributed by atoms with Gasteiger partial charge in [0.15, 0.2) is 5.96 Å². The van der Waals surface area contributed by atoms with Crippen molar-refractivity contribution in [2.45, 2.75) is 33.2 Å². The molecule has 0 amide bonds. The lowest BCUT2D eigenvalue weighted by Gasteiger charge is -2.22. The van der Waals surface area contributed by atoms with Crippen molar-refractivity contribution in [1.82, 2.24) is 15.2 Å². The lowest BCUT2D eigenvalue weighted by molar-refractivity contribution is 0.403. The van der Waals surface area contributed by atoms with Gasteiger partial charge in [-0.2, -0.15) is 0 Å². The highest BCUT2D eigenvalue weighted by molar-refractivity contribution is 14.0. The summed E-state index contributed by atoms with van der Waals surface area (Å²) in [7, 11) is 5.89. The van der Waals surface area contributed by atoms with Crippen LogP contribution < -0.4 is 10.2 Å². The van der Waals surface area contributed by atoms with Gasteiger partial charge in [0.2, 0.25) is 0 Å². The molecule has 0 saturated carbocycles. The van der Waals surface area contributed by atoms with E-state index in [2.05, 4.69) is 46.2 Å². The maximum absolute atomic E-state index is 4.65. The summed E-state index contributed by atoms with van der Waals surface area (Å²) in [4.78, 5) is 13.5. The standard InChI is InChI=1S/C18H31N5.HI/c1-14(2)11-15-9-10-23(13-15)18(19-3)20-12-16-7-6-8-17(21-16)22(4)5;/h6-8,14-15H,9-13H2,1-5H3,(H,19,20);1H. The molecule has 1 saturated heterocycles. The number of hydrogen-bond donors (Lipinski definition) is 1. The van der Waals surface area contributed by atoms with Crippen LogP contribution in [0.3, 0.4) is 0 Å². The first-order chi connectivity index (χ1) is 11.0. The fourth-order valence-electron chi connectivity index (χ4n) is 3.20. The summed E-state index contributed by atoms with van der Waals surface area (Å²) in [5, 5.41) is 3.46. The second-order valence-corrected chi connectivity index (χ2v) is 7.01. The summed E-state index contributed by atoms with van der Waals surface area (Å²) < 4.78 is 0. The van der Waals surface area contributed by atoms with Crippen molar-refractivity contribution in [2.75, 3.05) is 39.1 Å². The molecule has 1 aromatic rings. The van der Waals surface area contributed by atoms with Crippen LogP contribution in [0.1, 0.15) is 32.4 Å². The highest BCUT2D eigenvalue weighted by atomic mass is 127. The van der Waals surface area contributed by atoms with E-state index in [9.17, 15) is 0 Å². The predicted molar refractivity (Wildman–Crippen MR) is 113 cm³/mol. The molecule has 1 unspecified atom stereocenters. The Morgan fingerprint density at radius 2 is 2.17 bits per heavy atom. The number of pyridine rings is 1. The van der Waals surface area contributed by atoms with Crippen LogP contribution in [0.15, 0.2) is 23.2 Å². The third-order valence-electron chi connectivity index (χ3n) is 4.28. The number of anilines is 1. The molecule has 0 radical (unpaired) electrons.